The molecule has 307 valence electrons. The molecule has 0 aliphatic carbocycles. The maximum atomic E-state index is 14.5. The number of hydrogen-bond donors (Lipinski definition) is 3. The molecule has 1 aliphatic rings. The third-order valence-electron chi connectivity index (χ3n) is 10.4. The van der Waals surface area contributed by atoms with Crippen LogP contribution >= 0.6 is 0 Å². The highest BCUT2D eigenvalue weighted by atomic mass is 16.5. The van der Waals surface area contributed by atoms with E-state index in [-0.39, 0.29) is 17.8 Å². The fraction of sp³-hybridized carbons (Fsp3) is 0.404. The normalized spacial score (nSPS) is 15.3. The number of rotatable bonds is 16. The number of aromatic nitrogens is 1. The minimum absolute atomic E-state index is 0.159. The number of carbonyl (C=O) groups excluding carboxylic acids is 4. The van der Waals surface area contributed by atoms with Crippen molar-refractivity contribution in [2.75, 3.05) is 20.2 Å². The number of methoxy groups -OCH3 is 1. The van der Waals surface area contributed by atoms with Gasteiger partial charge in [-0.05, 0) is 65.3 Å². The van der Waals surface area contributed by atoms with Crippen LogP contribution in [0.25, 0.3) is 11.3 Å². The van der Waals surface area contributed by atoms with E-state index in [0.717, 1.165) is 27.9 Å². The van der Waals surface area contributed by atoms with E-state index in [1.54, 1.807) is 16.0 Å². The van der Waals surface area contributed by atoms with Gasteiger partial charge in [0, 0.05) is 43.5 Å². The van der Waals surface area contributed by atoms with Gasteiger partial charge in [0.15, 0.2) is 0 Å². The first-order chi connectivity index (χ1) is 27.6. The summed E-state index contributed by atoms with van der Waals surface area (Å²) in [7, 11) is 1.27. The van der Waals surface area contributed by atoms with Crippen molar-refractivity contribution in [3.05, 3.63) is 132 Å². The van der Waals surface area contributed by atoms with Gasteiger partial charge in [-0.2, -0.15) is 0 Å². The van der Waals surface area contributed by atoms with Gasteiger partial charge >= 0.3 is 12.1 Å². The Balaban J connectivity index is 1.38. The summed E-state index contributed by atoms with van der Waals surface area (Å²) in [6.07, 6.45) is 4.50. The van der Waals surface area contributed by atoms with Gasteiger partial charge in [0.1, 0.15) is 12.1 Å². The van der Waals surface area contributed by atoms with Crippen molar-refractivity contribution in [1.29, 1.82) is 0 Å². The van der Waals surface area contributed by atoms with Crippen molar-refractivity contribution in [3.8, 4) is 11.3 Å². The highest BCUT2D eigenvalue weighted by Crippen LogP contribution is 2.29. The summed E-state index contributed by atoms with van der Waals surface area (Å²) in [6, 6.07) is 31.1. The van der Waals surface area contributed by atoms with Crippen molar-refractivity contribution < 1.29 is 23.9 Å². The lowest BCUT2D eigenvalue weighted by atomic mass is 9.84. The SMILES string of the molecule is COC(=O)N[C@H](C(=O)NC(C[CH][C@@H](Cc1ccccc1)NC(=O)[C@@H](N1CCN(Cc2ccccc2)C1=O)C(C)(C)C)Cc1ccc(-c2ccccn2)cc1)C(C)(C)C. The lowest BCUT2D eigenvalue weighted by molar-refractivity contribution is -0.129. The molecule has 1 unspecified atom stereocenters. The van der Waals surface area contributed by atoms with Crippen LogP contribution in [0.15, 0.2) is 109 Å². The maximum Gasteiger partial charge on any atom is 0.407 e. The second kappa shape index (κ2) is 19.6. The van der Waals surface area contributed by atoms with Crippen molar-refractivity contribution >= 4 is 23.9 Å². The Kier molecular flexibility index (Phi) is 14.7. The topological polar surface area (TPSA) is 133 Å². The first-order valence-corrected chi connectivity index (χ1v) is 20.0. The maximum absolute atomic E-state index is 14.5. The molecule has 2 heterocycles. The molecule has 1 aromatic heterocycles. The standard InChI is InChI=1S/C47H59N6O5/c1-46(2,3)40(51-44(56)58-7)42(54)49-37(31-34-21-23-36(24-22-34)39-20-14-15-27-48-39)25-26-38(30-33-16-10-8-11-17-33)50-43(55)41(47(4,5)6)53-29-28-52(45(53)57)32-35-18-12-9-13-19-35/h8-24,26-27,37-38,40-41H,25,28-32H2,1-7H3,(H,49,54)(H,50,55)(H,51,56)/t37?,38-,40+,41+/m0/s1. The van der Waals surface area contributed by atoms with Crippen LogP contribution in [-0.4, -0.2) is 83.1 Å². The third-order valence-corrected chi connectivity index (χ3v) is 10.4. The molecule has 1 radical (unpaired) electrons. The number of nitrogens with zero attached hydrogens (tertiary/aromatic N) is 3. The number of nitrogens with one attached hydrogen (secondary N) is 3. The monoisotopic (exact) mass is 787 g/mol. The molecule has 4 aromatic rings. The van der Waals surface area contributed by atoms with Crippen LogP contribution in [0.2, 0.25) is 0 Å². The number of urea groups is 1. The largest absolute Gasteiger partial charge is 0.453 e. The third kappa shape index (κ3) is 12.1. The van der Waals surface area contributed by atoms with Crippen LogP contribution in [-0.2, 0) is 33.7 Å². The molecule has 3 N–H and O–H groups in total. The van der Waals surface area contributed by atoms with Gasteiger partial charge in [-0.15, -0.1) is 0 Å². The highest BCUT2D eigenvalue weighted by Gasteiger charge is 2.44. The van der Waals surface area contributed by atoms with Crippen molar-refractivity contribution in [2.24, 2.45) is 10.8 Å². The summed E-state index contributed by atoms with van der Waals surface area (Å²) in [5, 5.41) is 9.25. The van der Waals surface area contributed by atoms with Crippen LogP contribution in [0.1, 0.15) is 64.7 Å². The zero-order valence-electron chi connectivity index (χ0n) is 34.9. The average molecular weight is 788 g/mol. The highest BCUT2D eigenvalue weighted by molar-refractivity contribution is 5.89. The molecule has 0 saturated carbocycles. The smallest absolute Gasteiger partial charge is 0.407 e. The van der Waals surface area contributed by atoms with E-state index >= 15 is 0 Å². The van der Waals surface area contributed by atoms with Crippen LogP contribution in [0.4, 0.5) is 9.59 Å². The lowest BCUT2D eigenvalue weighted by Crippen LogP contribution is -2.57. The Labute approximate surface area is 344 Å². The molecule has 0 bridgehead atoms. The number of amides is 5. The molecule has 11 nitrogen and oxygen atoms in total. The zero-order valence-corrected chi connectivity index (χ0v) is 34.9. The number of pyridine rings is 1. The van der Waals surface area contributed by atoms with Gasteiger partial charge in [-0.3, -0.25) is 14.6 Å². The van der Waals surface area contributed by atoms with Crippen LogP contribution in [0, 0.1) is 17.3 Å². The molecular weight excluding hydrogens is 729 g/mol. The first kappa shape index (κ1) is 43.4. The van der Waals surface area contributed by atoms with Crippen molar-refractivity contribution in [3.63, 3.8) is 0 Å². The molecule has 5 rings (SSSR count). The van der Waals surface area contributed by atoms with E-state index in [0.29, 0.717) is 38.9 Å². The fourth-order valence-corrected chi connectivity index (χ4v) is 7.40. The predicted molar refractivity (Wildman–Crippen MR) is 227 cm³/mol. The fourth-order valence-electron chi connectivity index (χ4n) is 7.40. The molecule has 1 saturated heterocycles. The average Bonchev–Trinajstić information content (AvgIpc) is 3.53. The first-order valence-electron chi connectivity index (χ1n) is 20.0. The van der Waals surface area contributed by atoms with Crippen molar-refractivity contribution in [2.45, 2.75) is 91.5 Å². The minimum atomic E-state index is -0.874. The number of ether oxygens (including phenoxy) is 1. The molecule has 3 aromatic carbocycles. The number of benzene rings is 3. The van der Waals surface area contributed by atoms with E-state index in [2.05, 4.69) is 20.9 Å². The number of carbonyl (C=O) groups is 4. The second-order valence-corrected chi connectivity index (χ2v) is 17.2. The Morgan fingerprint density at radius 2 is 1.34 bits per heavy atom. The molecule has 5 amide bonds. The quantitative estimate of drug-likeness (QED) is 0.110. The molecule has 11 heteroatoms. The van der Waals surface area contributed by atoms with Gasteiger partial charge in [-0.25, -0.2) is 9.59 Å². The number of alkyl carbamates (subject to hydrolysis) is 1. The Morgan fingerprint density at radius 1 is 0.724 bits per heavy atom. The van der Waals surface area contributed by atoms with Gasteiger partial charge < -0.3 is 30.5 Å². The summed E-state index contributed by atoms with van der Waals surface area (Å²) in [5.74, 6) is -0.578. The minimum Gasteiger partial charge on any atom is -0.453 e. The van der Waals surface area contributed by atoms with Gasteiger partial charge in [-0.1, -0.05) is 133 Å². The van der Waals surface area contributed by atoms with Gasteiger partial charge in [0.25, 0.3) is 0 Å². The summed E-state index contributed by atoms with van der Waals surface area (Å²) in [5.41, 5.74) is 3.72. The summed E-state index contributed by atoms with van der Waals surface area (Å²) >= 11 is 0. The van der Waals surface area contributed by atoms with E-state index in [4.69, 9.17) is 4.74 Å². The number of hydrogen-bond acceptors (Lipinski definition) is 6. The Hall–Kier alpha value is -5.71. The molecular formula is C47H59N6O5. The van der Waals surface area contributed by atoms with Gasteiger partial charge in [0.2, 0.25) is 11.8 Å². The van der Waals surface area contributed by atoms with E-state index in [1.165, 1.54) is 7.11 Å². The summed E-state index contributed by atoms with van der Waals surface area (Å²) in [4.78, 5) is 62.7. The van der Waals surface area contributed by atoms with E-state index in [9.17, 15) is 19.2 Å². The van der Waals surface area contributed by atoms with Gasteiger partial charge in [0.05, 0.1) is 12.8 Å². The molecule has 4 atom stereocenters. The zero-order chi connectivity index (χ0) is 41.9. The summed E-state index contributed by atoms with van der Waals surface area (Å²) < 4.78 is 4.86. The predicted octanol–water partition coefficient (Wildman–Crippen LogP) is 7.22. The Bertz CT molecular complexity index is 1950. The van der Waals surface area contributed by atoms with Crippen LogP contribution in [0.5, 0.6) is 0 Å². The van der Waals surface area contributed by atoms with Crippen LogP contribution < -0.4 is 16.0 Å². The Morgan fingerprint density at radius 3 is 1.93 bits per heavy atom. The van der Waals surface area contributed by atoms with E-state index in [1.807, 2.05) is 151 Å². The van der Waals surface area contributed by atoms with Crippen molar-refractivity contribution in [1.82, 2.24) is 30.7 Å². The molecule has 0 spiro atoms. The second-order valence-electron chi connectivity index (χ2n) is 17.2. The van der Waals surface area contributed by atoms with Crippen LogP contribution in [0.3, 0.4) is 0 Å². The molecule has 58 heavy (non-hydrogen) atoms. The molecule has 1 fully saturated rings. The molecule has 1 aliphatic heterocycles. The summed E-state index contributed by atoms with van der Waals surface area (Å²) in [6.45, 7) is 13.0. The lowest BCUT2D eigenvalue weighted by Gasteiger charge is -2.37. The van der Waals surface area contributed by atoms with E-state index < -0.39 is 41.1 Å².